The van der Waals surface area contributed by atoms with Gasteiger partial charge in [-0.1, -0.05) is 0 Å². The highest BCUT2D eigenvalue weighted by atomic mass is 16.6. The average Bonchev–Trinajstić information content (AvgIpc) is 2.46. The Balaban J connectivity index is 2.54. The molecule has 0 saturated heterocycles. The van der Waals surface area contributed by atoms with Gasteiger partial charge in [0, 0.05) is 11.6 Å². The number of nitriles is 1. The summed E-state index contributed by atoms with van der Waals surface area (Å²) in [6, 6.07) is 6.33. The number of hydrogen-bond acceptors (Lipinski definition) is 5. The molecule has 1 aromatic carbocycles. The van der Waals surface area contributed by atoms with Crippen LogP contribution in [0.15, 0.2) is 18.2 Å². The van der Waals surface area contributed by atoms with Gasteiger partial charge in [0.25, 0.3) is 0 Å². The molecule has 1 rings (SSSR count). The standard InChI is InChI=1S/C15H18N2O4/c1-15(2,11-16)7-3-4-8-21-14-6-5-12(10-18)9-13(14)17(19)20/h5-6,9-10H,3-4,7-8H2,1-2H3. The predicted octanol–water partition coefficient (Wildman–Crippen LogP) is 3.51. The summed E-state index contributed by atoms with van der Waals surface area (Å²) < 4.78 is 5.41. The number of carbonyl (C=O) groups excluding carboxylic acids is 1. The normalized spacial score (nSPS) is 10.7. The van der Waals surface area contributed by atoms with Crippen LogP contribution >= 0.6 is 0 Å². The maximum Gasteiger partial charge on any atom is 0.311 e. The van der Waals surface area contributed by atoms with Crippen molar-refractivity contribution >= 4 is 12.0 Å². The Hall–Kier alpha value is -2.42. The van der Waals surface area contributed by atoms with Crippen LogP contribution in [0.4, 0.5) is 5.69 Å². The highest BCUT2D eigenvalue weighted by Gasteiger charge is 2.17. The van der Waals surface area contributed by atoms with Crippen LogP contribution in [0.3, 0.4) is 0 Å². The highest BCUT2D eigenvalue weighted by Crippen LogP contribution is 2.28. The van der Waals surface area contributed by atoms with Gasteiger partial charge in [-0.25, -0.2) is 0 Å². The number of nitro groups is 1. The van der Waals surface area contributed by atoms with Crippen molar-refractivity contribution in [2.45, 2.75) is 33.1 Å². The van der Waals surface area contributed by atoms with Crippen molar-refractivity contribution in [1.82, 2.24) is 0 Å². The van der Waals surface area contributed by atoms with Crippen molar-refractivity contribution in [1.29, 1.82) is 5.26 Å². The molecule has 0 fully saturated rings. The Labute approximate surface area is 123 Å². The molecule has 0 atom stereocenters. The van der Waals surface area contributed by atoms with Crippen molar-refractivity contribution in [3.8, 4) is 11.8 Å². The molecule has 0 bridgehead atoms. The van der Waals surface area contributed by atoms with Crippen molar-refractivity contribution in [3.05, 3.63) is 33.9 Å². The predicted molar refractivity (Wildman–Crippen MR) is 77.2 cm³/mol. The lowest BCUT2D eigenvalue weighted by Gasteiger charge is -2.14. The molecule has 0 heterocycles. The summed E-state index contributed by atoms with van der Waals surface area (Å²) in [5, 5.41) is 19.8. The lowest BCUT2D eigenvalue weighted by atomic mass is 9.89. The minimum absolute atomic E-state index is 0.158. The SMILES string of the molecule is CC(C)(C#N)CCCCOc1ccc(C=O)cc1[N+](=O)[O-]. The third-order valence-electron chi connectivity index (χ3n) is 3.07. The lowest BCUT2D eigenvalue weighted by Crippen LogP contribution is -2.08. The maximum absolute atomic E-state index is 10.9. The van der Waals surface area contributed by atoms with Crippen LogP contribution < -0.4 is 4.74 Å². The fourth-order valence-corrected chi connectivity index (χ4v) is 1.78. The van der Waals surface area contributed by atoms with Crippen LogP contribution in [0.5, 0.6) is 5.75 Å². The van der Waals surface area contributed by atoms with E-state index in [2.05, 4.69) is 6.07 Å². The smallest absolute Gasteiger partial charge is 0.311 e. The number of aldehydes is 1. The van der Waals surface area contributed by atoms with Gasteiger partial charge >= 0.3 is 5.69 Å². The molecule has 0 aliphatic heterocycles. The zero-order valence-corrected chi connectivity index (χ0v) is 12.2. The summed E-state index contributed by atoms with van der Waals surface area (Å²) in [6.07, 6.45) is 2.82. The van der Waals surface area contributed by atoms with Crippen LogP contribution in [-0.2, 0) is 0 Å². The Morgan fingerprint density at radius 1 is 1.43 bits per heavy atom. The summed E-state index contributed by atoms with van der Waals surface area (Å²) in [5.41, 5.74) is -0.334. The second-order valence-electron chi connectivity index (χ2n) is 5.40. The minimum Gasteiger partial charge on any atom is -0.487 e. The Morgan fingerprint density at radius 3 is 2.71 bits per heavy atom. The van der Waals surface area contributed by atoms with Crippen LogP contribution in [0.1, 0.15) is 43.5 Å². The van der Waals surface area contributed by atoms with E-state index < -0.39 is 4.92 Å². The van der Waals surface area contributed by atoms with E-state index in [1.54, 1.807) is 0 Å². The second kappa shape index (κ2) is 7.39. The van der Waals surface area contributed by atoms with E-state index in [0.717, 1.165) is 12.8 Å². The molecule has 0 amide bonds. The van der Waals surface area contributed by atoms with Gasteiger partial charge in [-0.3, -0.25) is 14.9 Å². The summed E-state index contributed by atoms with van der Waals surface area (Å²) in [6.45, 7) is 4.08. The van der Waals surface area contributed by atoms with Crippen molar-refractivity contribution in [2.75, 3.05) is 6.61 Å². The van der Waals surface area contributed by atoms with Gasteiger partial charge in [-0.15, -0.1) is 0 Å². The molecule has 0 N–H and O–H groups in total. The van der Waals surface area contributed by atoms with E-state index in [9.17, 15) is 14.9 Å². The van der Waals surface area contributed by atoms with Gasteiger partial charge in [-0.05, 0) is 45.2 Å². The first-order chi connectivity index (χ1) is 9.89. The Bertz CT molecular complexity index is 561. The summed E-state index contributed by atoms with van der Waals surface area (Å²) in [4.78, 5) is 21.0. The molecular weight excluding hydrogens is 272 g/mol. The van der Waals surface area contributed by atoms with E-state index >= 15 is 0 Å². The van der Waals surface area contributed by atoms with Crippen LogP contribution in [0.2, 0.25) is 0 Å². The molecule has 1 aromatic rings. The largest absolute Gasteiger partial charge is 0.487 e. The molecule has 0 unspecified atom stereocenters. The molecule has 0 aliphatic carbocycles. The highest BCUT2D eigenvalue weighted by molar-refractivity contribution is 5.77. The molecule has 6 nitrogen and oxygen atoms in total. The fraction of sp³-hybridized carbons (Fsp3) is 0.467. The van der Waals surface area contributed by atoms with Gasteiger partial charge in [-0.2, -0.15) is 5.26 Å². The molecular formula is C15H18N2O4. The number of ether oxygens (including phenoxy) is 1. The monoisotopic (exact) mass is 290 g/mol. The van der Waals surface area contributed by atoms with Gasteiger partial charge in [0.15, 0.2) is 5.75 Å². The Kier molecular flexibility index (Phi) is 5.85. The van der Waals surface area contributed by atoms with Crippen molar-refractivity contribution in [2.24, 2.45) is 5.41 Å². The van der Waals surface area contributed by atoms with Crippen molar-refractivity contribution in [3.63, 3.8) is 0 Å². The van der Waals surface area contributed by atoms with Gasteiger partial charge in [0.2, 0.25) is 0 Å². The van der Waals surface area contributed by atoms with E-state index in [0.29, 0.717) is 19.3 Å². The molecule has 0 spiro atoms. The quantitative estimate of drug-likeness (QED) is 0.316. The van der Waals surface area contributed by atoms with Crippen LogP contribution in [0.25, 0.3) is 0 Å². The van der Waals surface area contributed by atoms with E-state index in [4.69, 9.17) is 10.00 Å². The van der Waals surface area contributed by atoms with Crippen molar-refractivity contribution < 1.29 is 14.5 Å². The molecule has 0 radical (unpaired) electrons. The third kappa shape index (κ3) is 5.22. The first-order valence-electron chi connectivity index (χ1n) is 6.67. The van der Waals surface area contributed by atoms with E-state index in [1.165, 1.54) is 18.2 Å². The topological polar surface area (TPSA) is 93.2 Å². The fourth-order valence-electron chi connectivity index (χ4n) is 1.78. The van der Waals surface area contributed by atoms with Gasteiger partial charge < -0.3 is 4.74 Å². The minimum atomic E-state index is -0.568. The first-order valence-corrected chi connectivity index (χ1v) is 6.67. The number of nitro benzene ring substituents is 1. The zero-order chi connectivity index (χ0) is 15.9. The number of hydrogen-bond donors (Lipinski definition) is 0. The first kappa shape index (κ1) is 16.6. The van der Waals surface area contributed by atoms with Gasteiger partial charge in [0.1, 0.15) is 6.29 Å². The third-order valence-corrected chi connectivity index (χ3v) is 3.07. The number of benzene rings is 1. The molecule has 0 aliphatic rings. The number of unbranched alkanes of at least 4 members (excludes halogenated alkanes) is 1. The van der Waals surface area contributed by atoms with Crippen LogP contribution in [-0.4, -0.2) is 17.8 Å². The summed E-state index contributed by atoms with van der Waals surface area (Å²) in [7, 11) is 0. The molecule has 0 aromatic heterocycles. The summed E-state index contributed by atoms with van der Waals surface area (Å²) >= 11 is 0. The molecule has 0 saturated carbocycles. The average molecular weight is 290 g/mol. The van der Waals surface area contributed by atoms with E-state index in [1.807, 2.05) is 13.8 Å². The molecule has 21 heavy (non-hydrogen) atoms. The molecule has 112 valence electrons. The number of rotatable bonds is 8. The maximum atomic E-state index is 10.9. The van der Waals surface area contributed by atoms with Gasteiger partial charge in [0.05, 0.1) is 23.0 Å². The lowest BCUT2D eigenvalue weighted by molar-refractivity contribution is -0.385. The summed E-state index contributed by atoms with van der Waals surface area (Å²) in [5.74, 6) is 0.158. The van der Waals surface area contributed by atoms with E-state index in [-0.39, 0.29) is 22.4 Å². The van der Waals surface area contributed by atoms with Crippen LogP contribution in [0, 0.1) is 26.9 Å². The zero-order valence-electron chi connectivity index (χ0n) is 12.2. The Morgan fingerprint density at radius 2 is 2.14 bits per heavy atom. The molecule has 6 heteroatoms. The number of nitrogens with zero attached hydrogens (tertiary/aromatic N) is 2. The second-order valence-corrected chi connectivity index (χ2v) is 5.40. The number of carbonyl (C=O) groups is 1.